The Morgan fingerprint density at radius 1 is 1.03 bits per heavy atom. The zero-order chi connectivity index (χ0) is 20.7. The maximum absolute atomic E-state index is 13.5. The molecule has 6 nitrogen and oxygen atoms in total. The van der Waals surface area contributed by atoms with Gasteiger partial charge in [-0.3, -0.25) is 9.59 Å². The summed E-state index contributed by atoms with van der Waals surface area (Å²) in [4.78, 5) is 29.2. The van der Waals surface area contributed by atoms with Crippen molar-refractivity contribution in [3.63, 3.8) is 0 Å². The number of carbonyl (C=O) groups excluding carboxylic acids is 2. The van der Waals surface area contributed by atoms with E-state index in [1.54, 1.807) is 29.2 Å². The van der Waals surface area contributed by atoms with Crippen molar-refractivity contribution in [2.45, 2.75) is 18.8 Å². The molecule has 2 unspecified atom stereocenters. The lowest BCUT2D eigenvalue weighted by Gasteiger charge is -2.23. The fourth-order valence-electron chi connectivity index (χ4n) is 4.57. The van der Waals surface area contributed by atoms with Gasteiger partial charge in [0, 0.05) is 43.7 Å². The Kier molecular flexibility index (Phi) is 4.81. The number of rotatable bonds is 3. The van der Waals surface area contributed by atoms with Crippen molar-refractivity contribution in [3.8, 4) is 11.5 Å². The molecule has 2 aromatic carbocycles. The minimum Gasteiger partial charge on any atom is -0.486 e. The molecule has 2 amide bonds. The first kappa shape index (κ1) is 18.9. The van der Waals surface area contributed by atoms with E-state index in [1.807, 2.05) is 17.0 Å². The van der Waals surface area contributed by atoms with Crippen LogP contribution in [0.15, 0.2) is 42.5 Å². The van der Waals surface area contributed by atoms with Crippen molar-refractivity contribution < 1.29 is 23.5 Å². The molecule has 0 spiro atoms. The molecule has 3 aliphatic rings. The third-order valence-electron chi connectivity index (χ3n) is 6.13. The number of hydrogen-bond donors (Lipinski definition) is 0. The summed E-state index contributed by atoms with van der Waals surface area (Å²) in [5, 5.41) is 0. The van der Waals surface area contributed by atoms with Gasteiger partial charge in [0.05, 0.1) is 5.92 Å². The minimum absolute atomic E-state index is 0.00213. The fraction of sp³-hybridized carbons (Fsp3) is 0.391. The van der Waals surface area contributed by atoms with Crippen molar-refractivity contribution >= 4 is 17.5 Å². The van der Waals surface area contributed by atoms with Crippen LogP contribution in [0.5, 0.6) is 11.5 Å². The first-order valence-electron chi connectivity index (χ1n) is 10.3. The number of ether oxygens (including phenoxy) is 2. The van der Waals surface area contributed by atoms with Crippen molar-refractivity contribution in [2.24, 2.45) is 5.92 Å². The van der Waals surface area contributed by atoms with Crippen LogP contribution >= 0.6 is 0 Å². The zero-order valence-electron chi connectivity index (χ0n) is 16.6. The van der Waals surface area contributed by atoms with Crippen LogP contribution in [0.4, 0.5) is 10.1 Å². The average Bonchev–Trinajstić information content (AvgIpc) is 3.40. The summed E-state index contributed by atoms with van der Waals surface area (Å²) in [6.07, 6.45) is 1.01. The minimum atomic E-state index is -0.364. The molecule has 5 rings (SSSR count). The van der Waals surface area contributed by atoms with Gasteiger partial charge in [-0.2, -0.15) is 0 Å². The summed E-state index contributed by atoms with van der Waals surface area (Å²) in [6.45, 7) is 2.55. The highest BCUT2D eigenvalue weighted by Crippen LogP contribution is 2.37. The van der Waals surface area contributed by atoms with Crippen LogP contribution in [0, 0.1) is 11.7 Å². The van der Waals surface area contributed by atoms with Crippen molar-refractivity contribution in [2.75, 3.05) is 37.7 Å². The van der Waals surface area contributed by atoms with Gasteiger partial charge in [0.1, 0.15) is 19.0 Å². The second-order valence-corrected chi connectivity index (χ2v) is 8.06. The van der Waals surface area contributed by atoms with E-state index in [0.29, 0.717) is 44.3 Å². The molecular weight excluding hydrogens is 387 g/mol. The van der Waals surface area contributed by atoms with Gasteiger partial charge in [0.25, 0.3) is 0 Å². The predicted molar refractivity (Wildman–Crippen MR) is 108 cm³/mol. The number of fused-ring (bicyclic) bond motifs is 1. The number of carbonyl (C=O) groups is 2. The van der Waals surface area contributed by atoms with Gasteiger partial charge in [-0.05, 0) is 36.2 Å². The maximum Gasteiger partial charge on any atom is 0.228 e. The summed E-state index contributed by atoms with van der Waals surface area (Å²) in [5.41, 5.74) is 1.64. The van der Waals surface area contributed by atoms with Crippen LogP contribution in [0.3, 0.4) is 0 Å². The predicted octanol–water partition coefficient (Wildman–Crippen LogP) is 2.97. The zero-order valence-corrected chi connectivity index (χ0v) is 16.6. The Hall–Kier alpha value is -3.09. The molecule has 3 heterocycles. The van der Waals surface area contributed by atoms with Gasteiger partial charge in [-0.1, -0.05) is 12.1 Å². The van der Waals surface area contributed by atoms with E-state index < -0.39 is 0 Å². The summed E-state index contributed by atoms with van der Waals surface area (Å²) in [7, 11) is 0. The van der Waals surface area contributed by atoms with Crippen LogP contribution in [-0.2, 0) is 9.59 Å². The molecule has 0 bridgehead atoms. The lowest BCUT2D eigenvalue weighted by Crippen LogP contribution is -2.35. The smallest absolute Gasteiger partial charge is 0.228 e. The fourth-order valence-corrected chi connectivity index (χ4v) is 4.57. The third kappa shape index (κ3) is 3.49. The number of amides is 2. The molecule has 2 fully saturated rings. The first-order valence-corrected chi connectivity index (χ1v) is 10.3. The van der Waals surface area contributed by atoms with E-state index in [2.05, 4.69) is 0 Å². The molecule has 0 saturated carbocycles. The Bertz CT molecular complexity index is 995. The second kappa shape index (κ2) is 7.63. The van der Waals surface area contributed by atoms with E-state index in [-0.39, 0.29) is 35.9 Å². The maximum atomic E-state index is 13.5. The van der Waals surface area contributed by atoms with Crippen molar-refractivity contribution in [3.05, 3.63) is 53.8 Å². The standard InChI is InChI=1S/C23H23FN2O4/c24-18-3-1-2-15(10-18)16-6-7-25(13-16)23(28)17-11-22(27)26(14-17)19-4-5-20-21(12-19)30-9-8-29-20/h1-5,10,12,16-17H,6-9,11,13-14H2. The van der Waals surface area contributed by atoms with E-state index in [0.717, 1.165) is 17.7 Å². The number of nitrogens with zero attached hydrogens (tertiary/aromatic N) is 2. The highest BCUT2D eigenvalue weighted by molar-refractivity contribution is 6.00. The summed E-state index contributed by atoms with van der Waals surface area (Å²) < 4.78 is 24.7. The lowest BCUT2D eigenvalue weighted by atomic mass is 9.98. The number of likely N-dealkylation sites (tertiary alicyclic amines) is 1. The van der Waals surface area contributed by atoms with E-state index in [9.17, 15) is 14.0 Å². The Labute approximate surface area is 174 Å². The molecule has 0 N–H and O–H groups in total. The number of benzene rings is 2. The van der Waals surface area contributed by atoms with Gasteiger partial charge in [0.2, 0.25) is 11.8 Å². The van der Waals surface area contributed by atoms with E-state index in [4.69, 9.17) is 9.47 Å². The molecule has 2 saturated heterocycles. The highest BCUT2D eigenvalue weighted by Gasteiger charge is 2.39. The van der Waals surface area contributed by atoms with Crippen LogP contribution in [0.1, 0.15) is 24.3 Å². The summed E-state index contributed by atoms with van der Waals surface area (Å²) in [5.74, 6) is 0.748. The monoisotopic (exact) mass is 410 g/mol. The number of anilines is 1. The number of hydrogen-bond acceptors (Lipinski definition) is 4. The van der Waals surface area contributed by atoms with Gasteiger partial charge >= 0.3 is 0 Å². The Balaban J connectivity index is 1.26. The topological polar surface area (TPSA) is 59.1 Å². The Morgan fingerprint density at radius 2 is 1.87 bits per heavy atom. The van der Waals surface area contributed by atoms with Crippen molar-refractivity contribution in [1.29, 1.82) is 0 Å². The van der Waals surface area contributed by atoms with Gasteiger partial charge in [-0.15, -0.1) is 0 Å². The molecule has 156 valence electrons. The lowest BCUT2D eigenvalue weighted by molar-refractivity contribution is -0.134. The molecule has 3 aliphatic heterocycles. The van der Waals surface area contributed by atoms with Gasteiger partial charge in [0.15, 0.2) is 11.5 Å². The Morgan fingerprint density at radius 3 is 2.70 bits per heavy atom. The molecule has 2 aromatic rings. The molecule has 7 heteroatoms. The van der Waals surface area contributed by atoms with E-state index in [1.165, 1.54) is 6.07 Å². The highest BCUT2D eigenvalue weighted by atomic mass is 19.1. The average molecular weight is 410 g/mol. The van der Waals surface area contributed by atoms with Crippen LogP contribution in [0.25, 0.3) is 0 Å². The summed E-state index contributed by atoms with van der Waals surface area (Å²) in [6, 6.07) is 12.0. The van der Waals surface area contributed by atoms with Crippen LogP contribution < -0.4 is 14.4 Å². The van der Waals surface area contributed by atoms with Crippen LogP contribution in [-0.4, -0.2) is 49.6 Å². The normalized spacial score (nSPS) is 23.2. The first-order chi connectivity index (χ1) is 14.6. The molecule has 30 heavy (non-hydrogen) atoms. The molecule has 0 radical (unpaired) electrons. The molecule has 0 aromatic heterocycles. The molecule has 2 atom stereocenters. The molecular formula is C23H23FN2O4. The van der Waals surface area contributed by atoms with Crippen LogP contribution in [0.2, 0.25) is 0 Å². The number of halogens is 1. The SMILES string of the molecule is O=C(C1CC(=O)N(c2ccc3c(c2)OCCO3)C1)N1CCC(c2cccc(F)c2)C1. The second-order valence-electron chi connectivity index (χ2n) is 8.06. The van der Waals surface area contributed by atoms with Crippen molar-refractivity contribution in [1.82, 2.24) is 4.90 Å². The van der Waals surface area contributed by atoms with Gasteiger partial charge in [-0.25, -0.2) is 4.39 Å². The third-order valence-corrected chi connectivity index (χ3v) is 6.13. The summed E-state index contributed by atoms with van der Waals surface area (Å²) >= 11 is 0. The largest absolute Gasteiger partial charge is 0.486 e. The quantitative estimate of drug-likeness (QED) is 0.781. The van der Waals surface area contributed by atoms with E-state index >= 15 is 0 Å². The van der Waals surface area contributed by atoms with Gasteiger partial charge < -0.3 is 19.3 Å². The molecule has 0 aliphatic carbocycles.